The maximum atomic E-state index is 11.2. The molecule has 0 spiro atoms. The number of anilines is 3. The molecule has 1 aliphatic heterocycles. The molecular weight excluding hydrogens is 244 g/mol. The molecule has 0 saturated heterocycles. The summed E-state index contributed by atoms with van der Waals surface area (Å²) in [6, 6.07) is 0. The first-order chi connectivity index (χ1) is 5.68. The summed E-state index contributed by atoms with van der Waals surface area (Å²) in [5.74, 6) is 0.253. The van der Waals surface area contributed by atoms with Crippen molar-refractivity contribution < 1.29 is 63.3 Å². The molecule has 0 radical (unpaired) electrons. The predicted octanol–water partition coefficient (Wildman–Crippen LogP) is -4.04. The summed E-state index contributed by atoms with van der Waals surface area (Å²) < 4.78 is 0. The fourth-order valence-electron chi connectivity index (χ4n) is 1.15. The van der Waals surface area contributed by atoms with E-state index in [9.17, 15) is 5.11 Å². The summed E-state index contributed by atoms with van der Waals surface area (Å²) in [5, 5.41) is 14.0. The third kappa shape index (κ3) is 1.95. The molecule has 0 aromatic carbocycles. The second-order valence-electron chi connectivity index (χ2n) is 2.62. The van der Waals surface area contributed by atoms with Crippen LogP contribution in [-0.2, 0) is 0 Å². The van der Waals surface area contributed by atoms with Gasteiger partial charge in [-0.1, -0.05) is 0 Å². The Bertz CT molecular complexity index is 331. The van der Waals surface area contributed by atoms with Crippen molar-refractivity contribution in [3.63, 3.8) is 0 Å². The minimum atomic E-state index is -0.346. The Morgan fingerprint density at radius 2 is 2.23 bits per heavy atom. The van der Waals surface area contributed by atoms with Gasteiger partial charge in [-0.05, 0) is 0 Å². The summed E-state index contributed by atoms with van der Waals surface area (Å²) in [6.07, 6.45) is 0. The standard InChI is InChI=1S/C6H9N5O.Rb/c1-11-2-8-3-4(11)9-6(7)10-5(3)12;/h8H,2H2,1H3,(H3,7,9,10,12);/q;+1/p-1. The number of nitrogen functional groups attached to an aromatic ring is 1. The molecule has 0 aliphatic carbocycles. The van der Waals surface area contributed by atoms with Crippen molar-refractivity contribution in [3.05, 3.63) is 0 Å². The molecule has 2 heterocycles. The van der Waals surface area contributed by atoms with Gasteiger partial charge in [-0.25, -0.2) is 4.98 Å². The second-order valence-corrected chi connectivity index (χ2v) is 2.62. The molecule has 1 aromatic heterocycles. The van der Waals surface area contributed by atoms with Crippen LogP contribution >= 0.6 is 0 Å². The third-order valence-electron chi connectivity index (χ3n) is 1.73. The largest absolute Gasteiger partial charge is 1.00 e. The molecule has 13 heavy (non-hydrogen) atoms. The van der Waals surface area contributed by atoms with Crippen LogP contribution < -0.4 is 79.2 Å². The molecular formula is C6H8N5ORb. The SMILES string of the molecule is CN1CNc2c([O-])nc(N)nc21.[Rb+]. The van der Waals surface area contributed by atoms with Gasteiger partial charge in [-0.2, -0.15) is 4.98 Å². The van der Waals surface area contributed by atoms with Crippen LogP contribution in [0.15, 0.2) is 0 Å². The monoisotopic (exact) mass is 251 g/mol. The Morgan fingerprint density at radius 3 is 2.92 bits per heavy atom. The van der Waals surface area contributed by atoms with Gasteiger partial charge in [0, 0.05) is 12.9 Å². The summed E-state index contributed by atoms with van der Waals surface area (Å²) >= 11 is 0. The van der Waals surface area contributed by atoms with Crippen LogP contribution in [0.2, 0.25) is 0 Å². The number of nitrogens with zero attached hydrogens (tertiary/aromatic N) is 3. The van der Waals surface area contributed by atoms with Gasteiger partial charge < -0.3 is 21.1 Å². The van der Waals surface area contributed by atoms with Gasteiger partial charge in [0.1, 0.15) is 0 Å². The quantitative estimate of drug-likeness (QED) is 0.488. The Morgan fingerprint density at radius 1 is 1.54 bits per heavy atom. The molecule has 64 valence electrons. The fourth-order valence-corrected chi connectivity index (χ4v) is 1.15. The van der Waals surface area contributed by atoms with E-state index < -0.39 is 0 Å². The average Bonchev–Trinajstić information content (AvgIpc) is 2.33. The number of nitrogens with two attached hydrogens (primary N) is 1. The van der Waals surface area contributed by atoms with Gasteiger partial charge in [0.15, 0.2) is 5.82 Å². The minimum Gasteiger partial charge on any atom is -0.857 e. The maximum absolute atomic E-state index is 11.2. The maximum Gasteiger partial charge on any atom is 1.00 e. The summed E-state index contributed by atoms with van der Waals surface area (Å²) in [5.41, 5.74) is 5.75. The molecule has 0 fully saturated rings. The summed E-state index contributed by atoms with van der Waals surface area (Å²) in [7, 11) is 1.82. The zero-order valence-electron chi connectivity index (χ0n) is 7.53. The minimum absolute atomic E-state index is 0. The van der Waals surface area contributed by atoms with Gasteiger partial charge >= 0.3 is 58.2 Å². The number of fused-ring (bicyclic) bond motifs is 1. The van der Waals surface area contributed by atoms with Crippen LogP contribution in [0.1, 0.15) is 0 Å². The van der Waals surface area contributed by atoms with Crippen LogP contribution in [0.5, 0.6) is 5.88 Å². The molecule has 0 unspecified atom stereocenters. The van der Waals surface area contributed by atoms with Crippen LogP contribution in [0.3, 0.4) is 0 Å². The summed E-state index contributed by atoms with van der Waals surface area (Å²) in [4.78, 5) is 9.23. The Hall–Kier alpha value is 0.0852. The summed E-state index contributed by atoms with van der Waals surface area (Å²) in [6.45, 7) is 0.572. The van der Waals surface area contributed by atoms with Crippen molar-refractivity contribution in [1.29, 1.82) is 0 Å². The number of rotatable bonds is 0. The fraction of sp³-hybridized carbons (Fsp3) is 0.333. The van der Waals surface area contributed by atoms with Crippen molar-refractivity contribution in [1.82, 2.24) is 9.97 Å². The second kappa shape index (κ2) is 4.08. The molecule has 0 saturated carbocycles. The third-order valence-corrected chi connectivity index (χ3v) is 1.73. The molecule has 3 N–H and O–H groups in total. The topological polar surface area (TPSA) is 90.1 Å². The van der Waals surface area contributed by atoms with E-state index >= 15 is 0 Å². The van der Waals surface area contributed by atoms with Gasteiger partial charge in [0.2, 0.25) is 5.95 Å². The number of hydrogen-bond acceptors (Lipinski definition) is 6. The number of hydrogen-bond donors (Lipinski definition) is 2. The van der Waals surface area contributed by atoms with Crippen molar-refractivity contribution in [2.45, 2.75) is 0 Å². The van der Waals surface area contributed by atoms with E-state index in [4.69, 9.17) is 5.73 Å². The molecule has 0 amide bonds. The van der Waals surface area contributed by atoms with E-state index in [1.54, 1.807) is 4.90 Å². The Labute approximate surface area is 124 Å². The molecule has 1 aromatic rings. The van der Waals surface area contributed by atoms with Crippen molar-refractivity contribution >= 4 is 17.5 Å². The molecule has 7 heteroatoms. The molecule has 6 nitrogen and oxygen atoms in total. The van der Waals surface area contributed by atoms with Gasteiger partial charge in [-0.15, -0.1) is 0 Å². The van der Waals surface area contributed by atoms with Gasteiger partial charge in [-0.3, -0.25) is 0 Å². The van der Waals surface area contributed by atoms with Crippen LogP contribution in [0.25, 0.3) is 0 Å². The van der Waals surface area contributed by atoms with E-state index in [-0.39, 0.29) is 70.0 Å². The zero-order valence-corrected chi connectivity index (χ0v) is 12.5. The van der Waals surface area contributed by atoms with E-state index in [1.807, 2.05) is 7.05 Å². The van der Waals surface area contributed by atoms with E-state index in [1.165, 1.54) is 0 Å². The van der Waals surface area contributed by atoms with Crippen molar-refractivity contribution in [2.24, 2.45) is 0 Å². The first kappa shape index (κ1) is 11.2. The van der Waals surface area contributed by atoms with E-state index in [2.05, 4.69) is 15.3 Å². The first-order valence-electron chi connectivity index (χ1n) is 3.48. The molecule has 0 atom stereocenters. The van der Waals surface area contributed by atoms with Gasteiger partial charge in [0.25, 0.3) is 0 Å². The normalized spacial score (nSPS) is 13.2. The Kier molecular flexibility index (Phi) is 3.50. The Balaban J connectivity index is 0.000000845. The predicted molar refractivity (Wildman–Crippen MR) is 42.8 cm³/mol. The van der Waals surface area contributed by atoms with Crippen LogP contribution in [0, 0.1) is 0 Å². The molecule has 2 rings (SSSR count). The molecule has 0 bridgehead atoms. The van der Waals surface area contributed by atoms with Gasteiger partial charge in [0.05, 0.1) is 12.4 Å². The van der Waals surface area contributed by atoms with E-state index in [0.29, 0.717) is 18.2 Å². The van der Waals surface area contributed by atoms with Crippen molar-refractivity contribution in [2.75, 3.05) is 29.7 Å². The average molecular weight is 252 g/mol. The smallest absolute Gasteiger partial charge is 0.857 e. The van der Waals surface area contributed by atoms with Crippen LogP contribution in [-0.4, -0.2) is 23.7 Å². The molecule has 1 aliphatic rings. The van der Waals surface area contributed by atoms with Crippen LogP contribution in [0.4, 0.5) is 17.5 Å². The van der Waals surface area contributed by atoms with Crippen molar-refractivity contribution in [3.8, 4) is 5.88 Å². The zero-order chi connectivity index (χ0) is 8.72. The first-order valence-corrected chi connectivity index (χ1v) is 3.48. The van der Waals surface area contributed by atoms with E-state index in [0.717, 1.165) is 0 Å². The number of nitrogens with one attached hydrogen (secondary N) is 1. The number of aromatic nitrogens is 2.